The molecule has 1 nitrogen and oxygen atoms in total. The molecule has 0 fully saturated rings. The van der Waals surface area contributed by atoms with E-state index >= 15 is 0 Å². The van der Waals surface area contributed by atoms with Crippen LogP contribution in [0.5, 0.6) is 0 Å². The van der Waals surface area contributed by atoms with E-state index in [-0.39, 0.29) is 0 Å². The molecule has 268 valence electrons. The fourth-order valence-electron chi connectivity index (χ4n) is 8.38. The van der Waals surface area contributed by atoms with Crippen LogP contribution in [0.2, 0.25) is 0 Å². The largest absolute Gasteiger partial charge is 0.310 e. The molecule has 3 heteroatoms. The summed E-state index contributed by atoms with van der Waals surface area (Å²) in [5, 5.41) is 5.12. The number of benzene rings is 9. The molecule has 0 spiro atoms. The highest BCUT2D eigenvalue weighted by molar-refractivity contribution is 7.26. The Balaban J connectivity index is 1.12. The van der Waals surface area contributed by atoms with Gasteiger partial charge in [0.25, 0.3) is 0 Å². The molecule has 0 bridgehead atoms. The van der Waals surface area contributed by atoms with Crippen molar-refractivity contribution in [2.24, 2.45) is 0 Å². The van der Waals surface area contributed by atoms with Crippen LogP contribution in [-0.4, -0.2) is 0 Å². The first-order valence-corrected chi connectivity index (χ1v) is 21.0. The maximum atomic E-state index is 2.48. The van der Waals surface area contributed by atoms with Gasteiger partial charge in [-0.05, 0) is 93.0 Å². The van der Waals surface area contributed by atoms with Gasteiger partial charge in [0, 0.05) is 51.7 Å². The van der Waals surface area contributed by atoms with Crippen LogP contribution >= 0.6 is 22.7 Å². The quantitative estimate of drug-likeness (QED) is 0.156. The van der Waals surface area contributed by atoms with Crippen LogP contribution in [0.25, 0.3) is 84.9 Å². The van der Waals surface area contributed by atoms with Crippen molar-refractivity contribution in [1.82, 2.24) is 0 Å². The van der Waals surface area contributed by atoms with E-state index in [4.69, 9.17) is 0 Å². The average molecular weight is 762 g/mol. The summed E-state index contributed by atoms with van der Waals surface area (Å²) in [6, 6.07) is 77.5. The van der Waals surface area contributed by atoms with Gasteiger partial charge in [-0.3, -0.25) is 0 Å². The minimum Gasteiger partial charge on any atom is -0.310 e. The highest BCUT2D eigenvalue weighted by atomic mass is 32.1. The lowest BCUT2D eigenvalue weighted by Crippen LogP contribution is -2.10. The van der Waals surface area contributed by atoms with E-state index in [0.29, 0.717) is 0 Å². The van der Waals surface area contributed by atoms with E-state index in [1.165, 1.54) is 90.5 Å². The normalized spacial score (nSPS) is 11.5. The lowest BCUT2D eigenvalue weighted by Gasteiger charge is -2.27. The van der Waals surface area contributed by atoms with Gasteiger partial charge >= 0.3 is 0 Å². The SMILES string of the molecule is c1ccc(-c2ccc3c(c2)sc2ccc(N(c4ccc(-c5ccccc5-c5ccccc5)cc4)c4ccc(-c5ccccc5)c5sc6ccccc6c45)cc23)cc1. The smallest absolute Gasteiger partial charge is 0.0555 e. The van der Waals surface area contributed by atoms with Gasteiger partial charge in [-0.15, -0.1) is 22.7 Å². The fraction of sp³-hybridized carbons (Fsp3) is 0. The van der Waals surface area contributed by atoms with Crippen molar-refractivity contribution in [3.8, 4) is 44.5 Å². The Kier molecular flexibility index (Phi) is 8.28. The van der Waals surface area contributed by atoms with Crippen LogP contribution in [0.1, 0.15) is 0 Å². The second kappa shape index (κ2) is 14.1. The van der Waals surface area contributed by atoms with E-state index in [0.717, 1.165) is 11.4 Å². The Morgan fingerprint density at radius 3 is 1.58 bits per heavy atom. The predicted molar refractivity (Wildman–Crippen MR) is 249 cm³/mol. The van der Waals surface area contributed by atoms with Crippen LogP contribution in [0, 0.1) is 0 Å². The summed E-state index contributed by atoms with van der Waals surface area (Å²) >= 11 is 3.75. The van der Waals surface area contributed by atoms with Gasteiger partial charge in [0.2, 0.25) is 0 Å². The monoisotopic (exact) mass is 761 g/mol. The number of hydrogen-bond donors (Lipinski definition) is 0. The van der Waals surface area contributed by atoms with Crippen molar-refractivity contribution in [1.29, 1.82) is 0 Å². The number of rotatable bonds is 7. The Labute approximate surface area is 340 Å². The zero-order chi connectivity index (χ0) is 37.7. The maximum absolute atomic E-state index is 2.48. The van der Waals surface area contributed by atoms with Crippen molar-refractivity contribution in [2.75, 3.05) is 4.90 Å². The average Bonchev–Trinajstić information content (AvgIpc) is 3.86. The topological polar surface area (TPSA) is 3.24 Å². The molecule has 2 aromatic heterocycles. The molecule has 0 radical (unpaired) electrons. The number of fused-ring (bicyclic) bond motifs is 6. The molecule has 9 aromatic carbocycles. The second-order valence-electron chi connectivity index (χ2n) is 14.5. The third-order valence-electron chi connectivity index (χ3n) is 11.1. The van der Waals surface area contributed by atoms with Crippen molar-refractivity contribution in [3.05, 3.63) is 212 Å². The van der Waals surface area contributed by atoms with Gasteiger partial charge in [-0.2, -0.15) is 0 Å². The highest BCUT2D eigenvalue weighted by Crippen LogP contribution is 2.49. The third-order valence-corrected chi connectivity index (χ3v) is 13.4. The molecule has 11 aromatic rings. The zero-order valence-electron chi connectivity index (χ0n) is 31.0. The molecule has 0 unspecified atom stereocenters. The van der Waals surface area contributed by atoms with Crippen LogP contribution in [0.4, 0.5) is 17.1 Å². The lowest BCUT2D eigenvalue weighted by molar-refractivity contribution is 1.31. The summed E-state index contributed by atoms with van der Waals surface area (Å²) in [6.07, 6.45) is 0. The lowest BCUT2D eigenvalue weighted by atomic mass is 9.94. The summed E-state index contributed by atoms with van der Waals surface area (Å²) in [7, 11) is 0. The van der Waals surface area contributed by atoms with Gasteiger partial charge in [-0.25, -0.2) is 0 Å². The summed E-state index contributed by atoms with van der Waals surface area (Å²) in [5.41, 5.74) is 13.3. The first-order chi connectivity index (χ1) is 28.3. The molecule has 0 atom stereocenters. The summed E-state index contributed by atoms with van der Waals surface area (Å²) in [4.78, 5) is 2.48. The Hall–Kier alpha value is -6.78. The number of nitrogens with zero attached hydrogens (tertiary/aromatic N) is 1. The minimum atomic E-state index is 1.12. The maximum Gasteiger partial charge on any atom is 0.0555 e. The molecule has 0 saturated heterocycles. The second-order valence-corrected chi connectivity index (χ2v) is 16.6. The van der Waals surface area contributed by atoms with E-state index < -0.39 is 0 Å². The Bertz CT molecular complexity index is 3220. The number of hydrogen-bond acceptors (Lipinski definition) is 3. The van der Waals surface area contributed by atoms with Gasteiger partial charge in [0.1, 0.15) is 0 Å². The first kappa shape index (κ1) is 33.5. The van der Waals surface area contributed by atoms with Crippen LogP contribution in [0.15, 0.2) is 212 Å². The van der Waals surface area contributed by atoms with E-state index in [1.807, 2.05) is 22.7 Å². The number of anilines is 3. The summed E-state index contributed by atoms with van der Waals surface area (Å²) in [5.74, 6) is 0. The molecule has 0 saturated carbocycles. The molecule has 11 rings (SSSR count). The van der Waals surface area contributed by atoms with Gasteiger partial charge in [0.05, 0.1) is 5.69 Å². The Morgan fingerprint density at radius 2 is 0.860 bits per heavy atom. The van der Waals surface area contributed by atoms with Crippen molar-refractivity contribution < 1.29 is 0 Å². The molecular formula is C54H35NS2. The Morgan fingerprint density at radius 1 is 0.298 bits per heavy atom. The van der Waals surface area contributed by atoms with E-state index in [2.05, 4.69) is 217 Å². The van der Waals surface area contributed by atoms with Crippen molar-refractivity contribution >= 4 is 80.1 Å². The number of thiophene rings is 2. The molecule has 57 heavy (non-hydrogen) atoms. The van der Waals surface area contributed by atoms with Gasteiger partial charge in [0.15, 0.2) is 0 Å². The van der Waals surface area contributed by atoms with E-state index in [9.17, 15) is 0 Å². The molecule has 0 amide bonds. The predicted octanol–water partition coefficient (Wildman–Crippen LogP) is 16.6. The summed E-state index contributed by atoms with van der Waals surface area (Å²) in [6.45, 7) is 0. The molecule has 0 N–H and O–H groups in total. The third kappa shape index (κ3) is 5.91. The van der Waals surface area contributed by atoms with Crippen LogP contribution < -0.4 is 4.90 Å². The highest BCUT2D eigenvalue weighted by Gasteiger charge is 2.22. The van der Waals surface area contributed by atoms with Gasteiger partial charge in [-0.1, -0.05) is 164 Å². The molecule has 0 aliphatic rings. The van der Waals surface area contributed by atoms with Crippen molar-refractivity contribution in [3.63, 3.8) is 0 Å². The minimum absolute atomic E-state index is 1.12. The molecular weight excluding hydrogens is 727 g/mol. The van der Waals surface area contributed by atoms with E-state index in [1.54, 1.807) is 0 Å². The van der Waals surface area contributed by atoms with Crippen molar-refractivity contribution in [2.45, 2.75) is 0 Å². The molecule has 2 heterocycles. The van der Waals surface area contributed by atoms with Crippen LogP contribution in [-0.2, 0) is 0 Å². The van der Waals surface area contributed by atoms with Crippen LogP contribution in [0.3, 0.4) is 0 Å². The summed E-state index contributed by atoms with van der Waals surface area (Å²) < 4.78 is 5.18. The molecule has 0 aliphatic heterocycles. The fourth-order valence-corrected chi connectivity index (χ4v) is 10.8. The first-order valence-electron chi connectivity index (χ1n) is 19.3. The standard InChI is InChI=1S/C54H35NS2/c1-4-14-36(15-5-1)40-26-30-46-48-35-42(29-33-51(48)56-52(46)34-40)55(41-27-24-39(25-28-41)44-21-11-10-20-43(44)37-16-6-2-7-17-37)49-32-31-45(38-18-8-3-9-19-38)54-53(49)47-22-12-13-23-50(47)57-54/h1-35H. The van der Waals surface area contributed by atoms with Gasteiger partial charge < -0.3 is 4.90 Å². The molecule has 0 aliphatic carbocycles. The zero-order valence-corrected chi connectivity index (χ0v) is 32.6.